The summed E-state index contributed by atoms with van der Waals surface area (Å²) in [6.45, 7) is 3.30. The summed E-state index contributed by atoms with van der Waals surface area (Å²) < 4.78 is 2.22. The van der Waals surface area contributed by atoms with Gasteiger partial charge in [0.1, 0.15) is 0 Å². The third-order valence-corrected chi connectivity index (χ3v) is 5.38. The highest BCUT2D eigenvalue weighted by Gasteiger charge is 2.25. The number of anilines is 1. The Balaban J connectivity index is 1.97. The average molecular weight is 342 g/mol. The van der Waals surface area contributed by atoms with Gasteiger partial charge in [-0.15, -0.1) is 11.3 Å². The number of hydrogen-bond donors (Lipinski definition) is 0. The zero-order valence-corrected chi connectivity index (χ0v) is 13.7. The lowest BCUT2D eigenvalue weighted by Gasteiger charge is -2.34. The zero-order valence-electron chi connectivity index (χ0n) is 11.3. The maximum Gasteiger partial charge on any atom is 0.195 e. The van der Waals surface area contributed by atoms with Crippen molar-refractivity contribution in [2.75, 3.05) is 11.4 Å². The molecule has 0 saturated heterocycles. The molecule has 0 aliphatic heterocycles. The van der Waals surface area contributed by atoms with E-state index < -0.39 is 0 Å². The van der Waals surface area contributed by atoms with Gasteiger partial charge in [0.2, 0.25) is 0 Å². The van der Waals surface area contributed by atoms with Crippen LogP contribution in [0.1, 0.15) is 44.7 Å². The minimum Gasteiger partial charge on any atom is -0.352 e. The van der Waals surface area contributed by atoms with E-state index in [9.17, 15) is 0 Å². The Kier molecular flexibility index (Phi) is 4.12. The molecule has 5 heteroatoms. The summed E-state index contributed by atoms with van der Waals surface area (Å²) in [4.78, 5) is 8.50. The van der Waals surface area contributed by atoms with Crippen molar-refractivity contribution in [2.45, 2.75) is 50.4 Å². The molecule has 2 heterocycles. The molecule has 0 atom stereocenters. The molecule has 2 aromatic rings. The highest BCUT2D eigenvalue weighted by atomic mass is 79.9. The summed E-state index contributed by atoms with van der Waals surface area (Å²) in [7, 11) is 0. The van der Waals surface area contributed by atoms with Crippen LogP contribution >= 0.6 is 27.3 Å². The molecule has 3 nitrogen and oxygen atoms in total. The SMILES string of the molecule is CCN(c1nc2sccn2c1CBr)C1CCCCC1. The first-order valence-electron chi connectivity index (χ1n) is 7.12. The number of aromatic nitrogens is 2. The van der Waals surface area contributed by atoms with E-state index in [1.54, 1.807) is 11.3 Å². The average Bonchev–Trinajstić information content (AvgIpc) is 3.01. The standard InChI is InChI=1S/C14H20BrN3S/c1-2-17(11-6-4-3-5-7-11)13-12(10-15)18-8-9-19-14(18)16-13/h8-9,11H,2-7,10H2,1H3. The van der Waals surface area contributed by atoms with Crippen LogP contribution in [-0.4, -0.2) is 22.0 Å². The Morgan fingerprint density at radius 1 is 1.42 bits per heavy atom. The minimum absolute atomic E-state index is 0.682. The summed E-state index contributed by atoms with van der Waals surface area (Å²) in [5, 5.41) is 2.97. The lowest BCUT2D eigenvalue weighted by atomic mass is 9.94. The van der Waals surface area contributed by atoms with Crippen LogP contribution in [-0.2, 0) is 5.33 Å². The highest BCUT2D eigenvalue weighted by Crippen LogP contribution is 2.31. The van der Waals surface area contributed by atoms with Gasteiger partial charge >= 0.3 is 0 Å². The molecular weight excluding hydrogens is 322 g/mol. The van der Waals surface area contributed by atoms with Crippen molar-refractivity contribution in [1.82, 2.24) is 9.38 Å². The quantitative estimate of drug-likeness (QED) is 0.765. The van der Waals surface area contributed by atoms with Gasteiger partial charge in [-0.3, -0.25) is 4.40 Å². The molecule has 1 aliphatic carbocycles. The van der Waals surface area contributed by atoms with Gasteiger partial charge in [0.05, 0.1) is 5.69 Å². The molecule has 0 bridgehead atoms. The topological polar surface area (TPSA) is 20.5 Å². The van der Waals surface area contributed by atoms with E-state index >= 15 is 0 Å². The lowest BCUT2D eigenvalue weighted by Crippen LogP contribution is -2.37. The van der Waals surface area contributed by atoms with Crippen LogP contribution in [0.15, 0.2) is 11.6 Å². The number of rotatable bonds is 4. The van der Waals surface area contributed by atoms with Gasteiger partial charge in [-0.05, 0) is 19.8 Å². The van der Waals surface area contributed by atoms with Crippen LogP contribution in [0.5, 0.6) is 0 Å². The van der Waals surface area contributed by atoms with Gasteiger partial charge in [0, 0.05) is 29.5 Å². The molecule has 104 valence electrons. The third-order valence-electron chi connectivity index (χ3n) is 4.09. The van der Waals surface area contributed by atoms with Crippen LogP contribution in [0.4, 0.5) is 5.82 Å². The second-order valence-electron chi connectivity index (χ2n) is 5.15. The van der Waals surface area contributed by atoms with E-state index in [1.165, 1.54) is 43.6 Å². The highest BCUT2D eigenvalue weighted by molar-refractivity contribution is 9.08. The van der Waals surface area contributed by atoms with Gasteiger partial charge in [0.25, 0.3) is 0 Å². The largest absolute Gasteiger partial charge is 0.352 e. The van der Waals surface area contributed by atoms with Gasteiger partial charge in [0.15, 0.2) is 10.8 Å². The molecule has 1 fully saturated rings. The van der Waals surface area contributed by atoms with Crippen molar-refractivity contribution in [2.24, 2.45) is 0 Å². The predicted molar refractivity (Wildman–Crippen MR) is 85.6 cm³/mol. The van der Waals surface area contributed by atoms with Crippen LogP contribution in [0.3, 0.4) is 0 Å². The maximum atomic E-state index is 4.87. The van der Waals surface area contributed by atoms with Crippen LogP contribution in [0.25, 0.3) is 4.96 Å². The molecular formula is C14H20BrN3S. The first kappa shape index (κ1) is 13.4. The Morgan fingerprint density at radius 3 is 2.89 bits per heavy atom. The predicted octanol–water partition coefficient (Wildman–Crippen LogP) is 4.45. The van der Waals surface area contributed by atoms with E-state index in [0.717, 1.165) is 16.8 Å². The number of imidazole rings is 1. The van der Waals surface area contributed by atoms with Gasteiger partial charge in [-0.1, -0.05) is 35.2 Å². The second kappa shape index (κ2) is 5.83. The molecule has 0 amide bonds. The zero-order chi connectivity index (χ0) is 13.2. The summed E-state index contributed by atoms with van der Waals surface area (Å²) in [5.41, 5.74) is 1.30. The summed E-state index contributed by atoms with van der Waals surface area (Å²) in [5.74, 6) is 1.19. The molecule has 0 unspecified atom stereocenters. The van der Waals surface area contributed by atoms with Crippen molar-refractivity contribution in [3.63, 3.8) is 0 Å². The van der Waals surface area contributed by atoms with E-state index in [2.05, 4.69) is 43.7 Å². The Bertz CT molecular complexity index is 542. The Labute approximate surface area is 126 Å². The molecule has 0 N–H and O–H groups in total. The Hall–Kier alpha value is -0.550. The number of halogens is 1. The summed E-state index contributed by atoms with van der Waals surface area (Å²) >= 11 is 5.35. The van der Waals surface area contributed by atoms with Crippen molar-refractivity contribution in [3.8, 4) is 0 Å². The number of thiazole rings is 1. The molecule has 19 heavy (non-hydrogen) atoms. The van der Waals surface area contributed by atoms with E-state index in [1.807, 2.05) is 0 Å². The van der Waals surface area contributed by atoms with Crippen LogP contribution in [0.2, 0.25) is 0 Å². The van der Waals surface area contributed by atoms with E-state index in [0.29, 0.717) is 6.04 Å². The fraction of sp³-hybridized carbons (Fsp3) is 0.643. The third kappa shape index (κ3) is 2.42. The van der Waals surface area contributed by atoms with E-state index in [4.69, 9.17) is 4.98 Å². The molecule has 2 aromatic heterocycles. The fourth-order valence-corrected chi connectivity index (χ4v) is 4.40. The number of nitrogens with zero attached hydrogens (tertiary/aromatic N) is 3. The monoisotopic (exact) mass is 341 g/mol. The van der Waals surface area contributed by atoms with Crippen LogP contribution in [0, 0.1) is 0 Å². The van der Waals surface area contributed by atoms with Crippen molar-refractivity contribution in [3.05, 3.63) is 17.3 Å². The first-order valence-corrected chi connectivity index (χ1v) is 9.12. The Morgan fingerprint density at radius 2 is 2.21 bits per heavy atom. The number of hydrogen-bond acceptors (Lipinski definition) is 3. The van der Waals surface area contributed by atoms with Crippen LogP contribution < -0.4 is 4.90 Å². The maximum absolute atomic E-state index is 4.87. The molecule has 0 aromatic carbocycles. The molecule has 0 radical (unpaired) electrons. The molecule has 1 saturated carbocycles. The molecule has 1 aliphatic rings. The van der Waals surface area contributed by atoms with Gasteiger partial charge in [-0.25, -0.2) is 4.98 Å². The summed E-state index contributed by atoms with van der Waals surface area (Å²) in [6, 6.07) is 0.682. The lowest BCUT2D eigenvalue weighted by molar-refractivity contribution is 0.416. The van der Waals surface area contributed by atoms with Crippen molar-refractivity contribution >= 4 is 38.0 Å². The number of fused-ring (bicyclic) bond motifs is 1. The van der Waals surface area contributed by atoms with Gasteiger partial charge in [-0.2, -0.15) is 0 Å². The molecule has 0 spiro atoms. The van der Waals surface area contributed by atoms with Crippen molar-refractivity contribution in [1.29, 1.82) is 0 Å². The summed E-state index contributed by atoms with van der Waals surface area (Å²) in [6.07, 6.45) is 8.90. The smallest absolute Gasteiger partial charge is 0.195 e. The first-order chi connectivity index (χ1) is 9.35. The normalized spacial score (nSPS) is 17.2. The van der Waals surface area contributed by atoms with Gasteiger partial charge < -0.3 is 4.90 Å². The fourth-order valence-electron chi connectivity index (χ4n) is 3.15. The second-order valence-corrected chi connectivity index (χ2v) is 6.58. The number of alkyl halides is 1. The minimum atomic E-state index is 0.682. The van der Waals surface area contributed by atoms with E-state index in [-0.39, 0.29) is 0 Å². The van der Waals surface area contributed by atoms with Crippen molar-refractivity contribution < 1.29 is 0 Å². The molecule has 3 rings (SSSR count).